The number of anilines is 2. The van der Waals surface area contributed by atoms with Crippen molar-refractivity contribution in [3.63, 3.8) is 0 Å². The SMILES string of the molecule is NNC(=O)c1ccc(N)cc1O.NNC(=O)c1ccc(N)cc1O. The van der Waals surface area contributed by atoms with Crippen LogP contribution in [0.25, 0.3) is 0 Å². The summed E-state index contributed by atoms with van der Waals surface area (Å²) in [6.07, 6.45) is 0. The van der Waals surface area contributed by atoms with Crippen molar-refractivity contribution in [2.24, 2.45) is 11.7 Å². The van der Waals surface area contributed by atoms with Gasteiger partial charge in [-0.15, -0.1) is 0 Å². The number of nitrogens with one attached hydrogen (secondary N) is 2. The van der Waals surface area contributed by atoms with Crippen LogP contribution in [0.4, 0.5) is 11.4 Å². The fourth-order valence-corrected chi connectivity index (χ4v) is 1.64. The van der Waals surface area contributed by atoms with Crippen molar-refractivity contribution in [3.8, 4) is 11.5 Å². The number of rotatable bonds is 2. The summed E-state index contributed by atoms with van der Waals surface area (Å²) in [5, 5.41) is 18.4. The summed E-state index contributed by atoms with van der Waals surface area (Å²) in [7, 11) is 0. The Balaban J connectivity index is 0.000000240. The van der Waals surface area contributed by atoms with E-state index in [1.54, 1.807) is 0 Å². The highest BCUT2D eigenvalue weighted by molar-refractivity contribution is 5.97. The maximum atomic E-state index is 10.9. The Morgan fingerprint density at radius 2 is 1.08 bits per heavy atom. The van der Waals surface area contributed by atoms with E-state index in [1.165, 1.54) is 36.4 Å². The van der Waals surface area contributed by atoms with Crippen LogP contribution in [-0.4, -0.2) is 22.0 Å². The first-order chi connectivity index (χ1) is 11.3. The molecule has 12 N–H and O–H groups in total. The lowest BCUT2D eigenvalue weighted by molar-refractivity contribution is 0.0942. The van der Waals surface area contributed by atoms with Crippen LogP contribution in [0.2, 0.25) is 0 Å². The summed E-state index contributed by atoms with van der Waals surface area (Å²) in [5.74, 6) is 8.28. The molecular weight excluding hydrogens is 316 g/mol. The van der Waals surface area contributed by atoms with Crippen molar-refractivity contribution in [2.45, 2.75) is 0 Å². The lowest BCUT2D eigenvalue weighted by Crippen LogP contribution is -2.29. The van der Waals surface area contributed by atoms with Crippen LogP contribution in [0.15, 0.2) is 36.4 Å². The molecule has 2 aromatic rings. The zero-order chi connectivity index (χ0) is 18.3. The zero-order valence-electron chi connectivity index (χ0n) is 12.5. The van der Waals surface area contributed by atoms with E-state index >= 15 is 0 Å². The summed E-state index contributed by atoms with van der Waals surface area (Å²) in [6, 6.07) is 8.36. The lowest BCUT2D eigenvalue weighted by atomic mass is 10.2. The molecule has 2 amide bonds. The van der Waals surface area contributed by atoms with E-state index in [2.05, 4.69) is 0 Å². The van der Waals surface area contributed by atoms with Crippen molar-refractivity contribution in [3.05, 3.63) is 47.5 Å². The maximum Gasteiger partial charge on any atom is 0.268 e. The third kappa shape index (κ3) is 4.76. The number of hydrogen-bond donors (Lipinski definition) is 8. The molecule has 2 rings (SSSR count). The highest BCUT2D eigenvalue weighted by atomic mass is 16.3. The number of amides is 2. The van der Waals surface area contributed by atoms with Crippen molar-refractivity contribution >= 4 is 23.2 Å². The standard InChI is InChI=1S/2C7H9N3O2/c2*8-4-1-2-5(6(11)3-4)7(12)10-9/h2*1-3,11H,8-9H2,(H,10,12). The average molecular weight is 334 g/mol. The molecule has 0 aliphatic rings. The first-order valence-corrected chi connectivity index (χ1v) is 6.49. The number of nitrogen functional groups attached to an aromatic ring is 4. The first-order valence-electron chi connectivity index (χ1n) is 6.49. The third-order valence-corrected chi connectivity index (χ3v) is 2.80. The van der Waals surface area contributed by atoms with Gasteiger partial charge in [0, 0.05) is 23.5 Å². The zero-order valence-corrected chi connectivity index (χ0v) is 12.5. The van der Waals surface area contributed by atoms with E-state index in [9.17, 15) is 19.8 Å². The van der Waals surface area contributed by atoms with E-state index in [1.807, 2.05) is 10.9 Å². The van der Waals surface area contributed by atoms with Gasteiger partial charge >= 0.3 is 0 Å². The molecule has 2 aromatic carbocycles. The molecule has 0 saturated heterocycles. The molecule has 0 aliphatic heterocycles. The Morgan fingerprint density at radius 3 is 1.33 bits per heavy atom. The smallest absolute Gasteiger partial charge is 0.268 e. The lowest BCUT2D eigenvalue weighted by Gasteiger charge is -2.02. The molecule has 0 spiro atoms. The van der Waals surface area contributed by atoms with E-state index in [-0.39, 0.29) is 22.6 Å². The van der Waals surface area contributed by atoms with E-state index in [4.69, 9.17) is 23.2 Å². The maximum absolute atomic E-state index is 10.9. The molecule has 10 nitrogen and oxygen atoms in total. The topological polar surface area (TPSA) is 203 Å². The van der Waals surface area contributed by atoms with Crippen LogP contribution in [0.1, 0.15) is 20.7 Å². The highest BCUT2D eigenvalue weighted by Crippen LogP contribution is 2.20. The second kappa shape index (κ2) is 8.22. The predicted octanol–water partition coefficient (Wildman–Crippen LogP) is -0.844. The monoisotopic (exact) mass is 334 g/mol. The van der Waals surface area contributed by atoms with E-state index in [0.717, 1.165) is 0 Å². The van der Waals surface area contributed by atoms with Gasteiger partial charge in [-0.2, -0.15) is 0 Å². The van der Waals surface area contributed by atoms with Crippen LogP contribution < -0.4 is 34.0 Å². The average Bonchev–Trinajstić information content (AvgIpc) is 2.54. The van der Waals surface area contributed by atoms with Crippen molar-refractivity contribution in [1.29, 1.82) is 0 Å². The van der Waals surface area contributed by atoms with Gasteiger partial charge in [0.15, 0.2) is 0 Å². The molecular formula is C14H18N6O4. The first kappa shape index (κ1) is 18.5. The van der Waals surface area contributed by atoms with Crippen molar-refractivity contribution in [2.75, 3.05) is 11.5 Å². The molecule has 0 heterocycles. The summed E-state index contributed by atoms with van der Waals surface area (Å²) in [5.41, 5.74) is 15.5. The molecule has 10 heteroatoms. The quantitative estimate of drug-likeness (QED) is 0.150. The van der Waals surface area contributed by atoms with Gasteiger partial charge < -0.3 is 21.7 Å². The minimum atomic E-state index is -0.549. The summed E-state index contributed by atoms with van der Waals surface area (Å²) in [4.78, 5) is 21.8. The van der Waals surface area contributed by atoms with Gasteiger partial charge in [-0.3, -0.25) is 20.4 Å². The Bertz CT molecular complexity index is 687. The Hall–Kier alpha value is -3.50. The fraction of sp³-hybridized carbons (Fsp3) is 0. The Morgan fingerprint density at radius 1 is 0.750 bits per heavy atom. The number of hydrogen-bond acceptors (Lipinski definition) is 8. The molecule has 0 aliphatic carbocycles. The van der Waals surface area contributed by atoms with Crippen LogP contribution in [-0.2, 0) is 0 Å². The van der Waals surface area contributed by atoms with E-state index in [0.29, 0.717) is 11.4 Å². The molecule has 0 fully saturated rings. The van der Waals surface area contributed by atoms with Gasteiger partial charge in [0.25, 0.3) is 11.8 Å². The van der Waals surface area contributed by atoms with Crippen molar-refractivity contribution < 1.29 is 19.8 Å². The van der Waals surface area contributed by atoms with Crippen LogP contribution >= 0.6 is 0 Å². The van der Waals surface area contributed by atoms with Gasteiger partial charge in [-0.25, -0.2) is 11.7 Å². The van der Waals surface area contributed by atoms with E-state index < -0.39 is 11.8 Å². The number of carbonyl (C=O) groups excluding carboxylic acids is 2. The number of benzene rings is 2. The Kier molecular flexibility index (Phi) is 6.35. The molecule has 0 bridgehead atoms. The molecule has 0 radical (unpaired) electrons. The molecule has 0 aromatic heterocycles. The number of hydrazine groups is 2. The van der Waals surface area contributed by atoms with Crippen LogP contribution in [0, 0.1) is 0 Å². The predicted molar refractivity (Wildman–Crippen MR) is 88.3 cm³/mol. The fourth-order valence-electron chi connectivity index (χ4n) is 1.64. The molecule has 0 saturated carbocycles. The minimum absolute atomic E-state index is 0.103. The molecule has 128 valence electrons. The minimum Gasteiger partial charge on any atom is -0.507 e. The third-order valence-electron chi connectivity index (χ3n) is 2.80. The van der Waals surface area contributed by atoms with Crippen LogP contribution in [0.3, 0.4) is 0 Å². The number of phenolic OH excluding ortho intramolecular Hbond substituents is 2. The summed E-state index contributed by atoms with van der Waals surface area (Å²) < 4.78 is 0. The normalized spacial score (nSPS) is 9.42. The van der Waals surface area contributed by atoms with Crippen LogP contribution in [0.5, 0.6) is 11.5 Å². The number of aromatic hydroxyl groups is 2. The van der Waals surface area contributed by atoms with Crippen molar-refractivity contribution in [1.82, 2.24) is 10.9 Å². The molecule has 24 heavy (non-hydrogen) atoms. The summed E-state index contributed by atoms with van der Waals surface area (Å²) >= 11 is 0. The van der Waals surface area contributed by atoms with Gasteiger partial charge in [0.2, 0.25) is 0 Å². The highest BCUT2D eigenvalue weighted by Gasteiger charge is 2.09. The number of carbonyl (C=O) groups is 2. The second-order valence-electron chi connectivity index (χ2n) is 4.50. The number of nitrogens with two attached hydrogens (primary N) is 4. The van der Waals surface area contributed by atoms with Gasteiger partial charge in [-0.1, -0.05) is 0 Å². The van der Waals surface area contributed by atoms with Gasteiger partial charge in [-0.05, 0) is 24.3 Å². The molecule has 0 atom stereocenters. The number of phenols is 2. The second-order valence-corrected chi connectivity index (χ2v) is 4.50. The summed E-state index contributed by atoms with van der Waals surface area (Å²) in [6.45, 7) is 0. The Labute approximate surface area is 137 Å². The largest absolute Gasteiger partial charge is 0.507 e. The van der Waals surface area contributed by atoms with Gasteiger partial charge in [0.1, 0.15) is 11.5 Å². The molecule has 0 unspecified atom stereocenters. The van der Waals surface area contributed by atoms with Gasteiger partial charge in [0.05, 0.1) is 11.1 Å².